The van der Waals surface area contributed by atoms with Crippen LogP contribution in [-0.4, -0.2) is 47.1 Å². The van der Waals surface area contributed by atoms with E-state index in [1.54, 1.807) is 6.26 Å². The van der Waals surface area contributed by atoms with Crippen molar-refractivity contribution in [2.24, 2.45) is 0 Å². The number of oxazole rings is 1. The lowest BCUT2D eigenvalue weighted by Crippen LogP contribution is -2.53. The van der Waals surface area contributed by atoms with Gasteiger partial charge in [-0.05, 0) is 41.5 Å². The summed E-state index contributed by atoms with van der Waals surface area (Å²) >= 11 is 0. The van der Waals surface area contributed by atoms with Gasteiger partial charge in [0.1, 0.15) is 6.26 Å². The average Bonchev–Trinajstić information content (AvgIpc) is 2.83. The van der Waals surface area contributed by atoms with Crippen molar-refractivity contribution >= 4 is 6.01 Å². The highest BCUT2D eigenvalue weighted by atomic mass is 16.4. The smallest absolute Gasteiger partial charge is 0.297 e. The Morgan fingerprint density at radius 3 is 2.24 bits per heavy atom. The summed E-state index contributed by atoms with van der Waals surface area (Å²) in [5.41, 5.74) is 1.31. The van der Waals surface area contributed by atoms with Crippen molar-refractivity contribution in [3.05, 3.63) is 12.0 Å². The van der Waals surface area contributed by atoms with E-state index in [1.807, 2.05) is 0 Å². The topological polar surface area (TPSA) is 44.5 Å². The van der Waals surface area contributed by atoms with Crippen LogP contribution in [-0.2, 0) is 6.54 Å². The van der Waals surface area contributed by atoms with E-state index in [9.17, 15) is 0 Å². The molecule has 2 heterocycles. The molecule has 0 radical (unpaired) electrons. The Bertz CT molecular complexity index is 448. The maximum Gasteiger partial charge on any atom is 0.297 e. The first kappa shape index (κ1) is 16.3. The minimum absolute atomic E-state index is 0.0947. The monoisotopic (exact) mass is 294 g/mol. The largest absolute Gasteiger partial charge is 0.432 e. The summed E-state index contributed by atoms with van der Waals surface area (Å²) in [4.78, 5) is 9.35. The summed E-state index contributed by atoms with van der Waals surface area (Å²) in [5.74, 6) is 0. The Hall–Kier alpha value is -1.07. The summed E-state index contributed by atoms with van der Waals surface area (Å²) < 4.78 is 5.65. The molecule has 120 valence electrons. The molecule has 5 heteroatoms. The summed E-state index contributed by atoms with van der Waals surface area (Å²) in [6.07, 6.45) is 1.77. The average molecular weight is 294 g/mol. The van der Waals surface area contributed by atoms with Gasteiger partial charge < -0.3 is 14.6 Å². The Balaban J connectivity index is 1.88. The summed E-state index contributed by atoms with van der Waals surface area (Å²) in [5, 5.41) is 3.43. The number of anilines is 1. The van der Waals surface area contributed by atoms with Crippen LogP contribution in [0.3, 0.4) is 0 Å². The maximum absolute atomic E-state index is 5.65. The number of hydrogen-bond acceptors (Lipinski definition) is 5. The van der Waals surface area contributed by atoms with Gasteiger partial charge in [-0.15, -0.1) is 0 Å². The second-order valence-electron chi connectivity index (χ2n) is 7.87. The molecular formula is C16H30N4O. The van der Waals surface area contributed by atoms with E-state index in [4.69, 9.17) is 4.42 Å². The van der Waals surface area contributed by atoms with Crippen molar-refractivity contribution < 1.29 is 4.42 Å². The molecule has 0 saturated carbocycles. The minimum atomic E-state index is 0.0947. The molecule has 1 saturated heterocycles. The van der Waals surface area contributed by atoms with Gasteiger partial charge in [-0.3, -0.25) is 4.90 Å². The first-order valence-electron chi connectivity index (χ1n) is 7.84. The fraction of sp³-hybridized carbons (Fsp3) is 0.812. The molecule has 0 aliphatic carbocycles. The van der Waals surface area contributed by atoms with Crippen LogP contribution in [0.4, 0.5) is 6.01 Å². The normalized spacial score (nSPS) is 18.3. The Labute approximate surface area is 128 Å². The van der Waals surface area contributed by atoms with E-state index >= 15 is 0 Å². The molecule has 0 aromatic carbocycles. The Kier molecular flexibility index (Phi) is 4.63. The molecule has 1 N–H and O–H groups in total. The van der Waals surface area contributed by atoms with E-state index in [1.165, 1.54) is 0 Å². The van der Waals surface area contributed by atoms with Gasteiger partial charge >= 0.3 is 0 Å². The standard InChI is InChI=1S/C16H30N4O/c1-15(2,3)17-11-13-12-21-14(18-13)19-7-9-20(10-8-19)16(4,5)6/h12,17H,7-11H2,1-6H3. The van der Waals surface area contributed by atoms with E-state index in [0.717, 1.165) is 44.4 Å². The molecule has 1 fully saturated rings. The first-order chi connectivity index (χ1) is 9.65. The van der Waals surface area contributed by atoms with Crippen LogP contribution in [0.15, 0.2) is 10.7 Å². The van der Waals surface area contributed by atoms with Crippen LogP contribution in [0.5, 0.6) is 0 Å². The molecule has 0 atom stereocenters. The highest BCUT2D eigenvalue weighted by Crippen LogP contribution is 2.20. The molecular weight excluding hydrogens is 264 g/mol. The van der Waals surface area contributed by atoms with Crippen LogP contribution < -0.4 is 10.2 Å². The third-order valence-corrected chi connectivity index (χ3v) is 3.84. The van der Waals surface area contributed by atoms with E-state index in [2.05, 4.69) is 61.6 Å². The van der Waals surface area contributed by atoms with Gasteiger partial charge in [0.2, 0.25) is 0 Å². The number of nitrogens with one attached hydrogen (secondary N) is 1. The SMILES string of the molecule is CC(C)(C)NCc1coc(N2CCN(C(C)(C)C)CC2)n1. The number of piperazine rings is 1. The highest BCUT2D eigenvalue weighted by Gasteiger charge is 2.27. The molecule has 1 aromatic heterocycles. The second-order valence-corrected chi connectivity index (χ2v) is 7.87. The van der Waals surface area contributed by atoms with Crippen molar-refractivity contribution in [1.82, 2.24) is 15.2 Å². The fourth-order valence-electron chi connectivity index (χ4n) is 2.45. The number of rotatable bonds is 3. The molecule has 0 spiro atoms. The molecule has 0 unspecified atom stereocenters. The predicted molar refractivity (Wildman–Crippen MR) is 86.6 cm³/mol. The van der Waals surface area contributed by atoms with Crippen LogP contribution >= 0.6 is 0 Å². The molecule has 0 amide bonds. The van der Waals surface area contributed by atoms with Gasteiger partial charge in [0.05, 0.1) is 5.69 Å². The summed E-state index contributed by atoms with van der Waals surface area (Å²) in [6.45, 7) is 18.1. The van der Waals surface area contributed by atoms with Gasteiger partial charge in [-0.2, -0.15) is 4.98 Å². The van der Waals surface area contributed by atoms with Gasteiger partial charge in [-0.25, -0.2) is 0 Å². The van der Waals surface area contributed by atoms with Gasteiger partial charge in [-0.1, -0.05) is 0 Å². The second kappa shape index (κ2) is 5.97. The quantitative estimate of drug-likeness (QED) is 0.928. The van der Waals surface area contributed by atoms with Crippen molar-refractivity contribution in [1.29, 1.82) is 0 Å². The summed E-state index contributed by atoms with van der Waals surface area (Å²) in [6, 6.07) is 0.759. The predicted octanol–water partition coefficient (Wildman–Crippen LogP) is 2.48. The maximum atomic E-state index is 5.65. The Morgan fingerprint density at radius 2 is 1.71 bits per heavy atom. The zero-order valence-electron chi connectivity index (χ0n) is 14.4. The van der Waals surface area contributed by atoms with Crippen LogP contribution in [0, 0.1) is 0 Å². The lowest BCUT2D eigenvalue weighted by Gasteiger charge is -2.41. The molecule has 5 nitrogen and oxygen atoms in total. The van der Waals surface area contributed by atoms with Gasteiger partial charge in [0.15, 0.2) is 0 Å². The molecule has 1 aliphatic rings. The highest BCUT2D eigenvalue weighted by molar-refractivity contribution is 5.28. The van der Waals surface area contributed by atoms with E-state index < -0.39 is 0 Å². The molecule has 21 heavy (non-hydrogen) atoms. The molecule has 0 bridgehead atoms. The third-order valence-electron chi connectivity index (χ3n) is 3.84. The number of hydrogen-bond donors (Lipinski definition) is 1. The van der Waals surface area contributed by atoms with Crippen LogP contribution in [0.25, 0.3) is 0 Å². The lowest BCUT2D eigenvalue weighted by atomic mass is 10.1. The van der Waals surface area contributed by atoms with E-state index in [-0.39, 0.29) is 11.1 Å². The molecule has 1 aliphatic heterocycles. The third kappa shape index (κ3) is 4.71. The zero-order valence-corrected chi connectivity index (χ0v) is 14.4. The van der Waals surface area contributed by atoms with Gasteiger partial charge in [0, 0.05) is 43.8 Å². The van der Waals surface area contributed by atoms with Gasteiger partial charge in [0.25, 0.3) is 6.01 Å². The zero-order chi connectivity index (χ0) is 15.7. The van der Waals surface area contributed by atoms with Crippen LogP contribution in [0.1, 0.15) is 47.2 Å². The van der Waals surface area contributed by atoms with Crippen molar-refractivity contribution in [3.63, 3.8) is 0 Å². The van der Waals surface area contributed by atoms with Crippen molar-refractivity contribution in [2.75, 3.05) is 31.1 Å². The van der Waals surface area contributed by atoms with Crippen molar-refractivity contribution in [3.8, 4) is 0 Å². The fourth-order valence-corrected chi connectivity index (χ4v) is 2.45. The first-order valence-corrected chi connectivity index (χ1v) is 7.84. The summed E-state index contributed by atoms with van der Waals surface area (Å²) in [7, 11) is 0. The Morgan fingerprint density at radius 1 is 1.10 bits per heavy atom. The lowest BCUT2D eigenvalue weighted by molar-refractivity contribution is 0.127. The number of nitrogens with zero attached hydrogens (tertiary/aromatic N) is 3. The minimum Gasteiger partial charge on any atom is -0.432 e. The van der Waals surface area contributed by atoms with Crippen molar-refractivity contribution in [2.45, 2.75) is 59.2 Å². The van der Waals surface area contributed by atoms with E-state index in [0.29, 0.717) is 0 Å². The molecule has 2 rings (SSSR count). The van der Waals surface area contributed by atoms with Crippen LogP contribution in [0.2, 0.25) is 0 Å². The number of aromatic nitrogens is 1. The molecule has 1 aromatic rings.